The van der Waals surface area contributed by atoms with Gasteiger partial charge in [-0.15, -0.1) is 0 Å². The monoisotopic (exact) mass is 428 g/mol. The molecule has 30 heavy (non-hydrogen) atoms. The zero-order valence-corrected chi connectivity index (χ0v) is 17.7. The average molecular weight is 429 g/mol. The summed E-state index contributed by atoms with van der Waals surface area (Å²) in [5, 5.41) is 9.45. The van der Waals surface area contributed by atoms with Gasteiger partial charge in [0, 0.05) is 36.9 Å². The van der Waals surface area contributed by atoms with Gasteiger partial charge in [-0.3, -0.25) is 5.32 Å². The molecule has 2 unspecified atom stereocenters. The highest BCUT2D eigenvalue weighted by molar-refractivity contribution is 5.58. The van der Waals surface area contributed by atoms with Crippen LogP contribution in [0.3, 0.4) is 0 Å². The van der Waals surface area contributed by atoms with Crippen molar-refractivity contribution in [3.05, 3.63) is 53.6 Å². The fourth-order valence-electron chi connectivity index (χ4n) is 3.61. The van der Waals surface area contributed by atoms with Crippen LogP contribution in [0.5, 0.6) is 0 Å². The Bertz CT molecular complexity index is 718. The standard InChI is InChI=1S/C22H32F4N4/c1-16(22(24,25)26)21-18-8-4-9-20(28-12-6-13-30(3)14-10-23)19(18)15-17(29-21)7-5-11-27-2/h4-5,7-9,17,21,27-29H,1,6,10-15H2,2-3H3/b7-5+. The Morgan fingerprint density at radius 3 is 2.77 bits per heavy atom. The van der Waals surface area contributed by atoms with E-state index in [1.807, 2.05) is 37.2 Å². The molecule has 1 aliphatic rings. The van der Waals surface area contributed by atoms with E-state index in [1.54, 1.807) is 12.1 Å². The van der Waals surface area contributed by atoms with Gasteiger partial charge in [0.2, 0.25) is 0 Å². The molecule has 0 aromatic heterocycles. The van der Waals surface area contributed by atoms with E-state index in [4.69, 9.17) is 0 Å². The Morgan fingerprint density at radius 1 is 1.33 bits per heavy atom. The van der Waals surface area contributed by atoms with Gasteiger partial charge in [0.05, 0.1) is 6.04 Å². The summed E-state index contributed by atoms with van der Waals surface area (Å²) in [5.74, 6) is 0. The second-order valence-electron chi connectivity index (χ2n) is 7.57. The number of alkyl halides is 4. The van der Waals surface area contributed by atoms with E-state index in [0.29, 0.717) is 31.6 Å². The maximum atomic E-state index is 13.4. The third kappa shape index (κ3) is 6.82. The molecule has 1 aromatic rings. The van der Waals surface area contributed by atoms with Gasteiger partial charge in [0.1, 0.15) is 6.67 Å². The zero-order valence-electron chi connectivity index (χ0n) is 17.7. The lowest BCUT2D eigenvalue weighted by atomic mass is 9.85. The van der Waals surface area contributed by atoms with E-state index in [1.165, 1.54) is 0 Å². The summed E-state index contributed by atoms with van der Waals surface area (Å²) in [6.07, 6.45) is 0.728. The van der Waals surface area contributed by atoms with Crippen LogP contribution in [-0.4, -0.2) is 64.1 Å². The van der Waals surface area contributed by atoms with Gasteiger partial charge < -0.3 is 15.5 Å². The van der Waals surface area contributed by atoms with Gasteiger partial charge in [-0.1, -0.05) is 30.9 Å². The van der Waals surface area contributed by atoms with E-state index in [2.05, 4.69) is 22.5 Å². The van der Waals surface area contributed by atoms with Crippen molar-refractivity contribution >= 4 is 5.69 Å². The molecule has 1 heterocycles. The minimum atomic E-state index is -4.48. The molecule has 0 spiro atoms. The van der Waals surface area contributed by atoms with E-state index < -0.39 is 17.8 Å². The predicted octanol–water partition coefficient (Wildman–Crippen LogP) is 3.84. The number of hydrogen-bond donors (Lipinski definition) is 3. The highest BCUT2D eigenvalue weighted by atomic mass is 19.4. The van der Waals surface area contributed by atoms with Gasteiger partial charge in [0.15, 0.2) is 0 Å². The second kappa shape index (κ2) is 11.5. The normalized spacial score (nSPS) is 19.3. The summed E-state index contributed by atoms with van der Waals surface area (Å²) in [5.41, 5.74) is 1.53. The van der Waals surface area contributed by atoms with Crippen LogP contribution in [0.1, 0.15) is 23.6 Å². The van der Waals surface area contributed by atoms with Crippen molar-refractivity contribution in [2.24, 2.45) is 0 Å². The fraction of sp³-hybridized carbons (Fsp3) is 0.545. The Balaban J connectivity index is 2.20. The van der Waals surface area contributed by atoms with Crippen molar-refractivity contribution in [2.45, 2.75) is 31.1 Å². The van der Waals surface area contributed by atoms with Crippen LogP contribution in [0.25, 0.3) is 0 Å². The van der Waals surface area contributed by atoms with Crippen molar-refractivity contribution in [3.8, 4) is 0 Å². The number of rotatable bonds is 11. The summed E-state index contributed by atoms with van der Waals surface area (Å²) >= 11 is 0. The molecule has 0 saturated carbocycles. The predicted molar refractivity (Wildman–Crippen MR) is 115 cm³/mol. The van der Waals surface area contributed by atoms with E-state index in [0.717, 1.165) is 24.2 Å². The minimum absolute atomic E-state index is 0.228. The third-order valence-electron chi connectivity index (χ3n) is 5.23. The Kier molecular flexibility index (Phi) is 9.33. The lowest BCUT2D eigenvalue weighted by Gasteiger charge is -2.35. The molecule has 0 bridgehead atoms. The molecule has 0 radical (unpaired) electrons. The summed E-state index contributed by atoms with van der Waals surface area (Å²) in [7, 11) is 3.68. The zero-order chi connectivity index (χ0) is 22.1. The lowest BCUT2D eigenvalue weighted by molar-refractivity contribution is -0.0968. The van der Waals surface area contributed by atoms with Crippen molar-refractivity contribution in [1.82, 2.24) is 15.5 Å². The number of fused-ring (bicyclic) bond motifs is 1. The largest absolute Gasteiger partial charge is 0.413 e. The van der Waals surface area contributed by atoms with Crippen LogP contribution < -0.4 is 16.0 Å². The van der Waals surface area contributed by atoms with Crippen LogP contribution in [-0.2, 0) is 6.42 Å². The smallest absolute Gasteiger partial charge is 0.385 e. The van der Waals surface area contributed by atoms with E-state index >= 15 is 0 Å². The molecule has 0 saturated heterocycles. The Hall–Kier alpha value is -1.90. The second-order valence-corrected chi connectivity index (χ2v) is 7.57. The van der Waals surface area contributed by atoms with Gasteiger partial charge in [0.25, 0.3) is 0 Å². The van der Waals surface area contributed by atoms with Crippen molar-refractivity contribution < 1.29 is 17.6 Å². The highest BCUT2D eigenvalue weighted by Gasteiger charge is 2.40. The van der Waals surface area contributed by atoms with Crippen molar-refractivity contribution in [1.29, 1.82) is 0 Å². The van der Waals surface area contributed by atoms with Crippen molar-refractivity contribution in [2.75, 3.05) is 52.3 Å². The van der Waals surface area contributed by atoms with Gasteiger partial charge in [-0.05, 0) is 50.7 Å². The number of nitrogens with one attached hydrogen (secondary N) is 3. The topological polar surface area (TPSA) is 39.3 Å². The van der Waals surface area contributed by atoms with Crippen LogP contribution in [0.2, 0.25) is 0 Å². The number of anilines is 1. The van der Waals surface area contributed by atoms with Gasteiger partial charge in [-0.2, -0.15) is 13.2 Å². The molecule has 0 fully saturated rings. The minimum Gasteiger partial charge on any atom is -0.385 e. The number of nitrogens with zero attached hydrogens (tertiary/aromatic N) is 1. The molecule has 2 atom stereocenters. The van der Waals surface area contributed by atoms with Crippen LogP contribution in [0.4, 0.5) is 23.2 Å². The Morgan fingerprint density at radius 2 is 2.10 bits per heavy atom. The molecule has 1 aromatic carbocycles. The fourth-order valence-corrected chi connectivity index (χ4v) is 3.61. The molecule has 168 valence electrons. The lowest BCUT2D eigenvalue weighted by Crippen LogP contribution is -2.41. The number of halogens is 4. The maximum absolute atomic E-state index is 13.4. The molecular formula is C22H32F4N4. The molecule has 8 heteroatoms. The molecule has 0 aliphatic carbocycles. The quantitative estimate of drug-likeness (QED) is 0.285. The molecule has 4 nitrogen and oxygen atoms in total. The summed E-state index contributed by atoms with van der Waals surface area (Å²) < 4.78 is 52.7. The maximum Gasteiger partial charge on any atom is 0.413 e. The third-order valence-corrected chi connectivity index (χ3v) is 5.23. The molecule has 3 N–H and O–H groups in total. The van der Waals surface area contributed by atoms with E-state index in [9.17, 15) is 17.6 Å². The summed E-state index contributed by atoms with van der Waals surface area (Å²) in [4.78, 5) is 1.91. The molecule has 2 rings (SSSR count). The summed E-state index contributed by atoms with van der Waals surface area (Å²) in [6.45, 7) is 5.40. The van der Waals surface area contributed by atoms with Crippen molar-refractivity contribution in [3.63, 3.8) is 0 Å². The summed E-state index contributed by atoms with van der Waals surface area (Å²) in [6, 6.07) is 4.19. The average Bonchev–Trinajstić information content (AvgIpc) is 2.70. The van der Waals surface area contributed by atoms with Crippen LogP contribution in [0.15, 0.2) is 42.5 Å². The van der Waals surface area contributed by atoms with E-state index in [-0.39, 0.29) is 12.7 Å². The molecular weight excluding hydrogens is 396 g/mol. The Labute approximate surface area is 176 Å². The van der Waals surface area contributed by atoms with Gasteiger partial charge in [-0.25, -0.2) is 4.39 Å². The highest BCUT2D eigenvalue weighted by Crippen LogP contribution is 2.40. The number of hydrogen-bond acceptors (Lipinski definition) is 4. The first-order valence-electron chi connectivity index (χ1n) is 10.2. The molecule has 0 amide bonds. The van der Waals surface area contributed by atoms with Gasteiger partial charge >= 0.3 is 6.18 Å². The first-order chi connectivity index (χ1) is 14.3. The molecule has 1 aliphatic heterocycles. The first kappa shape index (κ1) is 24.4. The first-order valence-corrected chi connectivity index (χ1v) is 10.2. The number of benzene rings is 1. The SMILES string of the molecule is C=C(C1NC(/C=C/CNC)Cc2c(NCCCN(C)CCF)cccc21)C(F)(F)F. The van der Waals surface area contributed by atoms with Crippen LogP contribution >= 0.6 is 0 Å². The van der Waals surface area contributed by atoms with Crippen LogP contribution in [0, 0.1) is 0 Å². The number of likely N-dealkylation sites (N-methyl/N-ethyl adjacent to an activating group) is 1.